The van der Waals surface area contributed by atoms with Gasteiger partial charge in [-0.2, -0.15) is 13.2 Å². The Morgan fingerprint density at radius 3 is 2.18 bits per heavy atom. The lowest BCUT2D eigenvalue weighted by molar-refractivity contribution is -0.136. The zero-order chi connectivity index (χ0) is 16.5. The van der Waals surface area contributed by atoms with Crippen molar-refractivity contribution in [2.75, 3.05) is 4.72 Å². The Morgan fingerprint density at radius 1 is 1.05 bits per heavy atom. The maximum atomic E-state index is 13.0. The minimum atomic E-state index is -4.73. The maximum Gasteiger partial charge on any atom is 0.418 e. The Morgan fingerprint density at radius 2 is 1.64 bits per heavy atom. The molecular formula is C14H11ClF3NO2S. The normalized spacial score (nSPS) is 12.2. The van der Waals surface area contributed by atoms with Gasteiger partial charge in [0.1, 0.15) is 0 Å². The number of sulfonamides is 1. The molecule has 8 heteroatoms. The predicted molar refractivity (Wildman–Crippen MR) is 78.4 cm³/mol. The Kier molecular flexibility index (Phi) is 4.39. The van der Waals surface area contributed by atoms with E-state index in [1.54, 1.807) is 19.1 Å². The van der Waals surface area contributed by atoms with Crippen LogP contribution < -0.4 is 4.72 Å². The van der Waals surface area contributed by atoms with Gasteiger partial charge in [0.2, 0.25) is 0 Å². The molecule has 0 spiro atoms. The molecule has 0 radical (unpaired) electrons. The second-order valence-electron chi connectivity index (χ2n) is 4.61. The van der Waals surface area contributed by atoms with E-state index in [0.29, 0.717) is 6.07 Å². The monoisotopic (exact) mass is 349 g/mol. The third kappa shape index (κ3) is 3.72. The largest absolute Gasteiger partial charge is 0.418 e. The highest BCUT2D eigenvalue weighted by Gasteiger charge is 2.35. The summed E-state index contributed by atoms with van der Waals surface area (Å²) in [7, 11) is -4.12. The molecule has 0 bridgehead atoms. The van der Waals surface area contributed by atoms with Crippen LogP contribution in [0.25, 0.3) is 0 Å². The molecule has 1 N–H and O–H groups in total. The summed E-state index contributed by atoms with van der Waals surface area (Å²) in [6.07, 6.45) is -4.73. The van der Waals surface area contributed by atoms with Crippen LogP contribution in [0.2, 0.25) is 5.02 Å². The lowest BCUT2D eigenvalue weighted by atomic mass is 10.2. The molecule has 0 saturated carbocycles. The van der Waals surface area contributed by atoms with Crippen LogP contribution in [0.5, 0.6) is 0 Å². The highest BCUT2D eigenvalue weighted by atomic mass is 35.5. The summed E-state index contributed by atoms with van der Waals surface area (Å²) in [5.74, 6) is 0. The zero-order valence-electron chi connectivity index (χ0n) is 11.3. The van der Waals surface area contributed by atoms with Gasteiger partial charge in [-0.15, -0.1) is 0 Å². The van der Waals surface area contributed by atoms with Gasteiger partial charge >= 0.3 is 6.18 Å². The summed E-state index contributed by atoms with van der Waals surface area (Å²) >= 11 is 5.55. The quantitative estimate of drug-likeness (QED) is 0.888. The Hall–Kier alpha value is -1.73. The van der Waals surface area contributed by atoms with Gasteiger partial charge in [0.25, 0.3) is 10.0 Å². The van der Waals surface area contributed by atoms with Crippen molar-refractivity contribution in [3.8, 4) is 0 Å². The number of anilines is 1. The average molecular weight is 350 g/mol. The highest BCUT2D eigenvalue weighted by Crippen LogP contribution is 2.37. The fraction of sp³-hybridized carbons (Fsp3) is 0.143. The molecule has 0 aromatic heterocycles. The minimum Gasteiger partial charge on any atom is -0.279 e. The SMILES string of the molecule is Cc1ccc(S(=O)(=O)Nc2ccc(Cl)cc2C(F)(F)F)cc1. The molecule has 0 aliphatic heterocycles. The van der Waals surface area contributed by atoms with Crippen molar-refractivity contribution >= 4 is 27.3 Å². The zero-order valence-corrected chi connectivity index (χ0v) is 12.9. The van der Waals surface area contributed by atoms with Crippen molar-refractivity contribution in [1.82, 2.24) is 0 Å². The van der Waals surface area contributed by atoms with Crippen LogP contribution in [0.15, 0.2) is 47.4 Å². The third-order valence-electron chi connectivity index (χ3n) is 2.86. The van der Waals surface area contributed by atoms with E-state index in [-0.39, 0.29) is 9.92 Å². The Balaban J connectivity index is 2.44. The number of aryl methyl sites for hydroxylation is 1. The van der Waals surface area contributed by atoms with E-state index in [0.717, 1.165) is 11.6 Å². The minimum absolute atomic E-state index is 0.124. The Labute approximate surface area is 130 Å². The van der Waals surface area contributed by atoms with E-state index in [1.165, 1.54) is 18.2 Å². The summed E-state index contributed by atoms with van der Waals surface area (Å²) in [6.45, 7) is 1.77. The standard InChI is InChI=1S/C14H11ClF3NO2S/c1-9-2-5-11(6-3-9)22(20,21)19-13-7-4-10(15)8-12(13)14(16,17)18/h2-8,19H,1H3. The van der Waals surface area contributed by atoms with E-state index in [4.69, 9.17) is 11.6 Å². The topological polar surface area (TPSA) is 46.2 Å². The van der Waals surface area contributed by atoms with Crippen LogP contribution in [0.3, 0.4) is 0 Å². The molecule has 3 nitrogen and oxygen atoms in total. The van der Waals surface area contributed by atoms with Crippen LogP contribution >= 0.6 is 11.6 Å². The van der Waals surface area contributed by atoms with Crippen molar-refractivity contribution in [2.45, 2.75) is 18.0 Å². The first-order valence-corrected chi connectivity index (χ1v) is 7.92. The van der Waals surface area contributed by atoms with Crippen molar-refractivity contribution < 1.29 is 21.6 Å². The molecule has 2 aromatic carbocycles. The number of nitrogens with one attached hydrogen (secondary N) is 1. The van der Waals surface area contributed by atoms with Crippen LogP contribution in [-0.4, -0.2) is 8.42 Å². The number of alkyl halides is 3. The second kappa shape index (κ2) is 5.81. The van der Waals surface area contributed by atoms with Gasteiger partial charge in [-0.3, -0.25) is 4.72 Å². The van der Waals surface area contributed by atoms with Crippen LogP contribution in [0, 0.1) is 6.92 Å². The molecule has 0 atom stereocenters. The molecule has 0 aliphatic carbocycles. The molecule has 22 heavy (non-hydrogen) atoms. The van der Waals surface area contributed by atoms with E-state index in [9.17, 15) is 21.6 Å². The molecule has 118 valence electrons. The van der Waals surface area contributed by atoms with Gasteiger partial charge in [0, 0.05) is 5.02 Å². The number of halogens is 4. The fourth-order valence-corrected chi connectivity index (χ4v) is 3.01. The van der Waals surface area contributed by atoms with Gasteiger partial charge in [-0.1, -0.05) is 29.3 Å². The van der Waals surface area contributed by atoms with Crippen molar-refractivity contribution in [3.63, 3.8) is 0 Å². The molecule has 2 rings (SSSR count). The van der Waals surface area contributed by atoms with Gasteiger partial charge in [-0.05, 0) is 37.3 Å². The van der Waals surface area contributed by atoms with E-state index in [2.05, 4.69) is 0 Å². The number of rotatable bonds is 3. The molecular weight excluding hydrogens is 339 g/mol. The van der Waals surface area contributed by atoms with E-state index >= 15 is 0 Å². The molecule has 0 aliphatic rings. The highest BCUT2D eigenvalue weighted by molar-refractivity contribution is 7.92. The van der Waals surface area contributed by atoms with Crippen LogP contribution in [0.1, 0.15) is 11.1 Å². The van der Waals surface area contributed by atoms with Crippen LogP contribution in [0.4, 0.5) is 18.9 Å². The lowest BCUT2D eigenvalue weighted by Crippen LogP contribution is -2.17. The van der Waals surface area contributed by atoms with Crippen molar-refractivity contribution in [1.29, 1.82) is 0 Å². The summed E-state index contributed by atoms with van der Waals surface area (Å²) in [6, 6.07) is 8.60. The number of hydrogen-bond donors (Lipinski definition) is 1. The third-order valence-corrected chi connectivity index (χ3v) is 4.48. The summed E-state index contributed by atoms with van der Waals surface area (Å²) < 4.78 is 65.2. The maximum absolute atomic E-state index is 13.0. The number of hydrogen-bond acceptors (Lipinski definition) is 2. The van der Waals surface area contributed by atoms with Crippen molar-refractivity contribution in [3.05, 3.63) is 58.6 Å². The van der Waals surface area contributed by atoms with Gasteiger partial charge in [0.05, 0.1) is 16.1 Å². The molecule has 0 fully saturated rings. The van der Waals surface area contributed by atoms with Gasteiger partial charge < -0.3 is 0 Å². The lowest BCUT2D eigenvalue weighted by Gasteiger charge is -2.15. The van der Waals surface area contributed by atoms with Crippen molar-refractivity contribution in [2.24, 2.45) is 0 Å². The van der Waals surface area contributed by atoms with Gasteiger partial charge in [0.15, 0.2) is 0 Å². The predicted octanol–water partition coefficient (Wildman–Crippen LogP) is 4.47. The average Bonchev–Trinajstić information content (AvgIpc) is 2.40. The summed E-state index contributed by atoms with van der Waals surface area (Å²) in [4.78, 5) is -0.124. The summed E-state index contributed by atoms with van der Waals surface area (Å²) in [5.41, 5.74) is -0.880. The first kappa shape index (κ1) is 16.6. The first-order valence-electron chi connectivity index (χ1n) is 6.06. The second-order valence-corrected chi connectivity index (χ2v) is 6.73. The fourth-order valence-electron chi connectivity index (χ4n) is 1.76. The first-order chi connectivity index (χ1) is 10.1. The molecule has 0 saturated heterocycles. The van der Waals surface area contributed by atoms with Crippen LogP contribution in [-0.2, 0) is 16.2 Å². The Bertz CT molecular complexity index is 787. The molecule has 0 heterocycles. The number of benzene rings is 2. The molecule has 2 aromatic rings. The van der Waals surface area contributed by atoms with E-state index in [1.807, 2.05) is 4.72 Å². The van der Waals surface area contributed by atoms with Gasteiger partial charge in [-0.25, -0.2) is 8.42 Å². The summed E-state index contributed by atoms with van der Waals surface area (Å²) in [5, 5.41) is -0.134. The van der Waals surface area contributed by atoms with E-state index < -0.39 is 27.5 Å². The smallest absolute Gasteiger partial charge is 0.279 e. The molecule has 0 amide bonds. The molecule has 0 unspecified atom stereocenters.